The van der Waals surface area contributed by atoms with E-state index < -0.39 is 10.0 Å². The predicted molar refractivity (Wildman–Crippen MR) is 126 cm³/mol. The molecule has 1 saturated heterocycles. The quantitative estimate of drug-likeness (QED) is 0.518. The molecule has 33 heavy (non-hydrogen) atoms. The van der Waals surface area contributed by atoms with Crippen LogP contribution in [-0.4, -0.2) is 61.0 Å². The third kappa shape index (κ3) is 5.43. The fourth-order valence-corrected chi connectivity index (χ4v) is 5.53. The molecule has 0 atom stereocenters. The molecule has 2 heterocycles. The van der Waals surface area contributed by atoms with Gasteiger partial charge in [-0.15, -0.1) is 0 Å². The van der Waals surface area contributed by atoms with Gasteiger partial charge in [-0.3, -0.25) is 4.79 Å². The number of sulfonamides is 1. The van der Waals surface area contributed by atoms with Gasteiger partial charge < -0.3 is 14.6 Å². The first-order valence-electron chi connectivity index (χ1n) is 11.4. The maximum Gasteiger partial charge on any atom is 0.243 e. The van der Waals surface area contributed by atoms with E-state index in [1.165, 1.54) is 9.87 Å². The van der Waals surface area contributed by atoms with E-state index in [1.54, 1.807) is 12.1 Å². The predicted octanol–water partition coefficient (Wildman–Crippen LogP) is 2.37. The van der Waals surface area contributed by atoms with Crippen LogP contribution in [0.1, 0.15) is 24.7 Å². The minimum atomic E-state index is -3.58. The number of nitrogens with zero attached hydrogens (tertiary/aromatic N) is 3. The van der Waals surface area contributed by atoms with Gasteiger partial charge in [0.15, 0.2) is 0 Å². The summed E-state index contributed by atoms with van der Waals surface area (Å²) in [6, 6.07) is 15.1. The molecule has 1 amide bonds. The first kappa shape index (κ1) is 23.4. The summed E-state index contributed by atoms with van der Waals surface area (Å²) in [4.78, 5) is 17.3. The number of imidazole rings is 1. The summed E-state index contributed by atoms with van der Waals surface area (Å²) in [6.07, 6.45) is 1.61. The summed E-state index contributed by atoms with van der Waals surface area (Å²) >= 11 is 0. The lowest BCUT2D eigenvalue weighted by atomic mass is 10.1. The van der Waals surface area contributed by atoms with Crippen LogP contribution in [0.25, 0.3) is 11.0 Å². The van der Waals surface area contributed by atoms with Crippen molar-refractivity contribution >= 4 is 27.0 Å². The lowest BCUT2D eigenvalue weighted by Gasteiger charge is -2.26. The fraction of sp³-hybridized carbons (Fsp3) is 0.417. The molecule has 1 aromatic heterocycles. The number of carbonyl (C=O) groups is 1. The minimum Gasteiger partial charge on any atom is -0.379 e. The second-order valence-electron chi connectivity index (χ2n) is 8.02. The van der Waals surface area contributed by atoms with Gasteiger partial charge in [-0.05, 0) is 37.1 Å². The van der Waals surface area contributed by atoms with Gasteiger partial charge >= 0.3 is 0 Å². The Bertz CT molecular complexity index is 1200. The van der Waals surface area contributed by atoms with Crippen LogP contribution in [0.2, 0.25) is 0 Å². The maximum absolute atomic E-state index is 13.0. The van der Waals surface area contributed by atoms with Crippen LogP contribution in [0.5, 0.6) is 0 Å². The summed E-state index contributed by atoms with van der Waals surface area (Å²) in [5.74, 6) is 0.767. The average molecular weight is 471 g/mol. The van der Waals surface area contributed by atoms with Crippen molar-refractivity contribution in [3.05, 3.63) is 59.9 Å². The molecule has 0 radical (unpaired) electrons. The van der Waals surface area contributed by atoms with Crippen molar-refractivity contribution in [2.24, 2.45) is 0 Å². The fourth-order valence-electron chi connectivity index (χ4n) is 4.10. The zero-order valence-electron chi connectivity index (χ0n) is 18.9. The Morgan fingerprint density at radius 2 is 1.85 bits per heavy atom. The van der Waals surface area contributed by atoms with Crippen LogP contribution < -0.4 is 5.32 Å². The van der Waals surface area contributed by atoms with Crippen LogP contribution in [0.15, 0.2) is 53.4 Å². The number of amides is 1. The van der Waals surface area contributed by atoms with Crippen LogP contribution in [-0.2, 0) is 38.9 Å². The first-order chi connectivity index (χ1) is 16.0. The number of nitrogens with one attached hydrogen (secondary N) is 1. The molecule has 4 rings (SSSR count). The molecule has 1 N–H and O–H groups in total. The molecule has 1 fully saturated rings. The number of rotatable bonds is 9. The van der Waals surface area contributed by atoms with E-state index >= 15 is 0 Å². The number of morpholine rings is 1. The van der Waals surface area contributed by atoms with E-state index in [4.69, 9.17) is 4.74 Å². The first-order valence-corrected chi connectivity index (χ1v) is 12.8. The highest BCUT2D eigenvalue weighted by Gasteiger charge is 2.27. The third-order valence-corrected chi connectivity index (χ3v) is 7.77. The Kier molecular flexibility index (Phi) is 7.42. The second kappa shape index (κ2) is 10.5. The molecule has 2 aromatic carbocycles. The van der Waals surface area contributed by atoms with Gasteiger partial charge in [0.25, 0.3) is 0 Å². The van der Waals surface area contributed by atoms with Crippen LogP contribution in [0.4, 0.5) is 0 Å². The van der Waals surface area contributed by atoms with Crippen molar-refractivity contribution in [1.29, 1.82) is 0 Å². The Labute approximate surface area is 194 Å². The number of benzene rings is 2. The largest absolute Gasteiger partial charge is 0.379 e. The Morgan fingerprint density at radius 1 is 1.09 bits per heavy atom. The van der Waals surface area contributed by atoms with E-state index in [0.717, 1.165) is 17.8 Å². The second-order valence-corrected chi connectivity index (χ2v) is 9.96. The molecule has 0 spiro atoms. The van der Waals surface area contributed by atoms with Crippen molar-refractivity contribution in [1.82, 2.24) is 19.2 Å². The molecule has 0 bridgehead atoms. The molecule has 0 unspecified atom stereocenters. The lowest BCUT2D eigenvalue weighted by molar-refractivity contribution is -0.121. The summed E-state index contributed by atoms with van der Waals surface area (Å²) in [5, 5.41) is 2.97. The zero-order valence-corrected chi connectivity index (χ0v) is 19.7. The number of ether oxygens (including phenoxy) is 1. The van der Waals surface area contributed by atoms with Crippen molar-refractivity contribution in [3.63, 3.8) is 0 Å². The molecule has 0 saturated carbocycles. The molecule has 0 aliphatic carbocycles. The number of fused-ring (bicyclic) bond motifs is 1. The average Bonchev–Trinajstić information content (AvgIpc) is 3.20. The minimum absolute atomic E-state index is 0.0174. The van der Waals surface area contributed by atoms with Crippen LogP contribution >= 0.6 is 0 Å². The SMILES string of the molecule is CCn1c(CCC(=O)NCCc2ccccc2)nc2cc(S(=O)(=O)N3CCOCC3)ccc21. The number of hydrogen-bond acceptors (Lipinski definition) is 5. The molecule has 8 nitrogen and oxygen atoms in total. The molecule has 1 aliphatic heterocycles. The highest BCUT2D eigenvalue weighted by atomic mass is 32.2. The van der Waals surface area contributed by atoms with Gasteiger partial charge in [0, 0.05) is 39.0 Å². The van der Waals surface area contributed by atoms with Gasteiger partial charge in [0.2, 0.25) is 15.9 Å². The normalized spacial score (nSPS) is 15.1. The number of aromatic nitrogens is 2. The summed E-state index contributed by atoms with van der Waals surface area (Å²) in [6.45, 7) is 4.82. The van der Waals surface area contributed by atoms with E-state index in [2.05, 4.69) is 10.3 Å². The van der Waals surface area contributed by atoms with Crippen molar-refractivity contribution in [2.45, 2.75) is 37.6 Å². The molecule has 1 aliphatic rings. The van der Waals surface area contributed by atoms with Gasteiger partial charge in [-0.2, -0.15) is 4.31 Å². The molecule has 9 heteroatoms. The van der Waals surface area contributed by atoms with Crippen molar-refractivity contribution in [2.75, 3.05) is 32.8 Å². The van der Waals surface area contributed by atoms with E-state index in [-0.39, 0.29) is 10.8 Å². The molecular formula is C24H30N4O4S. The number of carbonyl (C=O) groups excluding carboxylic acids is 1. The number of hydrogen-bond donors (Lipinski definition) is 1. The third-order valence-electron chi connectivity index (χ3n) is 5.88. The summed E-state index contributed by atoms with van der Waals surface area (Å²) in [5.41, 5.74) is 2.69. The van der Waals surface area contributed by atoms with Gasteiger partial charge in [-0.1, -0.05) is 30.3 Å². The highest BCUT2D eigenvalue weighted by molar-refractivity contribution is 7.89. The van der Waals surface area contributed by atoms with Gasteiger partial charge in [0.05, 0.1) is 29.1 Å². The Hall–Kier alpha value is -2.75. The molecule has 176 valence electrons. The van der Waals surface area contributed by atoms with Crippen LogP contribution in [0, 0.1) is 0 Å². The smallest absolute Gasteiger partial charge is 0.243 e. The van der Waals surface area contributed by atoms with Gasteiger partial charge in [0.1, 0.15) is 5.82 Å². The monoisotopic (exact) mass is 470 g/mol. The van der Waals surface area contributed by atoms with E-state index in [9.17, 15) is 13.2 Å². The van der Waals surface area contributed by atoms with Crippen molar-refractivity contribution < 1.29 is 17.9 Å². The maximum atomic E-state index is 13.0. The lowest BCUT2D eigenvalue weighted by Crippen LogP contribution is -2.40. The van der Waals surface area contributed by atoms with E-state index in [0.29, 0.717) is 57.8 Å². The van der Waals surface area contributed by atoms with Crippen molar-refractivity contribution in [3.8, 4) is 0 Å². The topological polar surface area (TPSA) is 93.5 Å². The summed E-state index contributed by atoms with van der Waals surface area (Å²) < 4.78 is 34.8. The Morgan fingerprint density at radius 3 is 2.58 bits per heavy atom. The number of aryl methyl sites for hydroxylation is 2. The highest BCUT2D eigenvalue weighted by Crippen LogP contribution is 2.24. The zero-order chi connectivity index (χ0) is 23.3. The van der Waals surface area contributed by atoms with E-state index in [1.807, 2.05) is 47.9 Å². The molecular weight excluding hydrogens is 440 g/mol. The van der Waals surface area contributed by atoms with Gasteiger partial charge in [-0.25, -0.2) is 13.4 Å². The Balaban J connectivity index is 1.42. The standard InChI is InChI=1S/C24H30N4O4S/c1-2-28-22-9-8-20(33(30,31)27-14-16-32-17-15-27)18-21(22)26-23(28)10-11-24(29)25-13-12-19-6-4-3-5-7-19/h3-9,18H,2,10-17H2,1H3,(H,25,29). The van der Waals surface area contributed by atoms with Crippen LogP contribution in [0.3, 0.4) is 0 Å². The molecule has 3 aromatic rings. The summed E-state index contributed by atoms with van der Waals surface area (Å²) in [7, 11) is -3.58.